The summed E-state index contributed by atoms with van der Waals surface area (Å²) >= 11 is 0. The predicted octanol–water partition coefficient (Wildman–Crippen LogP) is 0.636. The van der Waals surface area contributed by atoms with Crippen LogP contribution in [0.25, 0.3) is 0 Å². The van der Waals surface area contributed by atoms with Crippen molar-refractivity contribution in [3.8, 4) is 0 Å². The summed E-state index contributed by atoms with van der Waals surface area (Å²) in [5.74, 6) is -0.854. The molecule has 0 bridgehead atoms. The van der Waals surface area contributed by atoms with Gasteiger partial charge in [-0.25, -0.2) is 0 Å². The molecule has 0 spiro atoms. The van der Waals surface area contributed by atoms with Gasteiger partial charge in [-0.15, -0.1) is 0 Å². The van der Waals surface area contributed by atoms with Gasteiger partial charge in [0.2, 0.25) is 5.91 Å². The van der Waals surface area contributed by atoms with Gasteiger partial charge in [0.25, 0.3) is 0 Å². The van der Waals surface area contributed by atoms with E-state index < -0.39 is 11.8 Å². The van der Waals surface area contributed by atoms with Crippen LogP contribution >= 0.6 is 0 Å². The molecule has 0 aromatic carbocycles. The van der Waals surface area contributed by atoms with Crippen molar-refractivity contribution in [1.82, 2.24) is 20.1 Å². The van der Waals surface area contributed by atoms with Crippen LogP contribution in [0.3, 0.4) is 0 Å². The molecule has 2 atom stereocenters. The topological polar surface area (TPSA) is 85.9 Å². The minimum Gasteiger partial charge on any atom is -0.371 e. The van der Waals surface area contributed by atoms with Crippen molar-refractivity contribution in [3.05, 3.63) is 24.5 Å². The Balaban J connectivity index is 1.34. The molecule has 156 valence electrons. The van der Waals surface area contributed by atoms with Crippen molar-refractivity contribution in [2.75, 3.05) is 37.6 Å². The third-order valence-corrected chi connectivity index (χ3v) is 6.09. The van der Waals surface area contributed by atoms with Gasteiger partial charge in [0.15, 0.2) is 0 Å². The number of hydrogen-bond acceptors (Lipinski definition) is 5. The van der Waals surface area contributed by atoms with Gasteiger partial charge in [-0.2, -0.15) is 0 Å². The third-order valence-electron chi connectivity index (χ3n) is 6.09. The monoisotopic (exact) mass is 399 g/mol. The Morgan fingerprint density at radius 2 is 1.79 bits per heavy atom. The fourth-order valence-electron chi connectivity index (χ4n) is 4.28. The maximum absolute atomic E-state index is 13.1. The number of carbonyl (C=O) groups is 3. The van der Waals surface area contributed by atoms with Crippen molar-refractivity contribution in [3.63, 3.8) is 0 Å². The summed E-state index contributed by atoms with van der Waals surface area (Å²) in [6, 6.07) is 3.93. The van der Waals surface area contributed by atoms with E-state index in [4.69, 9.17) is 0 Å². The first-order chi connectivity index (χ1) is 14.0. The number of rotatable bonds is 3. The van der Waals surface area contributed by atoms with E-state index in [-0.39, 0.29) is 23.9 Å². The SMILES string of the molecule is CC1CN(C(=O)C2CCN(c3ccncc3)C2)CCCN1C(=O)C(=O)NC1CC1. The number of hydrogen-bond donors (Lipinski definition) is 1. The molecule has 8 nitrogen and oxygen atoms in total. The molecule has 2 unspecified atom stereocenters. The molecule has 4 rings (SSSR count). The van der Waals surface area contributed by atoms with Gasteiger partial charge < -0.3 is 20.0 Å². The minimum absolute atomic E-state index is 0.0317. The van der Waals surface area contributed by atoms with Crippen molar-refractivity contribution in [2.45, 2.75) is 44.7 Å². The van der Waals surface area contributed by atoms with Gasteiger partial charge in [0.05, 0.1) is 5.92 Å². The van der Waals surface area contributed by atoms with Crippen LogP contribution in [0.15, 0.2) is 24.5 Å². The number of carbonyl (C=O) groups excluding carboxylic acids is 3. The van der Waals surface area contributed by atoms with E-state index in [2.05, 4.69) is 15.2 Å². The van der Waals surface area contributed by atoms with Gasteiger partial charge in [-0.3, -0.25) is 19.4 Å². The van der Waals surface area contributed by atoms with Crippen molar-refractivity contribution >= 4 is 23.4 Å². The molecule has 3 fully saturated rings. The van der Waals surface area contributed by atoms with E-state index in [0.29, 0.717) is 32.6 Å². The molecular weight excluding hydrogens is 370 g/mol. The molecule has 2 saturated heterocycles. The molecule has 3 heterocycles. The zero-order chi connectivity index (χ0) is 20.4. The summed E-state index contributed by atoms with van der Waals surface area (Å²) in [6.07, 6.45) is 6.97. The van der Waals surface area contributed by atoms with E-state index in [0.717, 1.165) is 31.5 Å². The fraction of sp³-hybridized carbons (Fsp3) is 0.619. The summed E-state index contributed by atoms with van der Waals surface area (Å²) in [5, 5.41) is 2.77. The molecule has 1 aromatic heterocycles. The van der Waals surface area contributed by atoms with Gasteiger partial charge in [0.1, 0.15) is 0 Å². The lowest BCUT2D eigenvalue weighted by atomic mass is 10.1. The summed E-state index contributed by atoms with van der Waals surface area (Å²) in [4.78, 5) is 47.6. The first kappa shape index (κ1) is 19.7. The molecule has 29 heavy (non-hydrogen) atoms. The Morgan fingerprint density at radius 3 is 2.52 bits per heavy atom. The molecule has 8 heteroatoms. The zero-order valence-corrected chi connectivity index (χ0v) is 16.9. The summed E-state index contributed by atoms with van der Waals surface area (Å²) in [7, 11) is 0. The highest BCUT2D eigenvalue weighted by Crippen LogP contribution is 2.25. The Bertz CT molecular complexity index is 767. The molecular formula is C21H29N5O3. The van der Waals surface area contributed by atoms with Crippen LogP contribution in [-0.4, -0.2) is 77.3 Å². The number of nitrogens with one attached hydrogen (secondary N) is 1. The number of nitrogens with zero attached hydrogens (tertiary/aromatic N) is 4. The zero-order valence-electron chi connectivity index (χ0n) is 16.9. The standard InChI is InChI=1S/C21H29N5O3/c1-15-13-25(10-2-11-26(15)21(29)19(27)23-17-3-4-17)20(28)16-7-12-24(14-16)18-5-8-22-9-6-18/h5-6,8-9,15-17H,2-4,7,10-14H2,1H3,(H,23,27). The Hall–Kier alpha value is -2.64. The van der Waals surface area contributed by atoms with Gasteiger partial charge in [-0.05, 0) is 44.7 Å². The van der Waals surface area contributed by atoms with E-state index in [9.17, 15) is 14.4 Å². The quantitative estimate of drug-likeness (QED) is 0.754. The molecule has 3 amide bonds. The largest absolute Gasteiger partial charge is 0.371 e. The maximum atomic E-state index is 13.1. The normalized spacial score (nSPS) is 24.9. The summed E-state index contributed by atoms with van der Waals surface area (Å²) < 4.78 is 0. The van der Waals surface area contributed by atoms with Crippen molar-refractivity contribution in [1.29, 1.82) is 0 Å². The number of pyridine rings is 1. The number of aromatic nitrogens is 1. The maximum Gasteiger partial charge on any atom is 0.312 e. The van der Waals surface area contributed by atoms with E-state index in [1.807, 2.05) is 24.0 Å². The lowest BCUT2D eigenvalue weighted by Gasteiger charge is -2.29. The van der Waals surface area contributed by atoms with Gasteiger partial charge in [-0.1, -0.05) is 0 Å². The number of amides is 3. The van der Waals surface area contributed by atoms with Crippen LogP contribution in [-0.2, 0) is 14.4 Å². The molecule has 1 aromatic rings. The molecule has 0 radical (unpaired) electrons. The first-order valence-corrected chi connectivity index (χ1v) is 10.6. The second kappa shape index (κ2) is 8.39. The highest BCUT2D eigenvalue weighted by atomic mass is 16.2. The molecule has 1 N–H and O–H groups in total. The summed E-state index contributed by atoms with van der Waals surface area (Å²) in [6.45, 7) is 5.10. The second-order valence-corrected chi connectivity index (χ2v) is 8.37. The highest BCUT2D eigenvalue weighted by Gasteiger charge is 2.36. The van der Waals surface area contributed by atoms with Crippen LogP contribution in [0.1, 0.15) is 32.6 Å². The van der Waals surface area contributed by atoms with E-state index in [1.165, 1.54) is 0 Å². The van der Waals surface area contributed by atoms with Gasteiger partial charge >= 0.3 is 11.8 Å². The highest BCUT2D eigenvalue weighted by molar-refractivity contribution is 6.35. The van der Waals surface area contributed by atoms with E-state index >= 15 is 0 Å². The Kier molecular flexibility index (Phi) is 5.69. The smallest absolute Gasteiger partial charge is 0.312 e. The molecule has 1 aliphatic carbocycles. The van der Waals surface area contributed by atoms with Crippen molar-refractivity contribution in [2.24, 2.45) is 5.92 Å². The van der Waals surface area contributed by atoms with Crippen LogP contribution in [0.5, 0.6) is 0 Å². The summed E-state index contributed by atoms with van der Waals surface area (Å²) in [5.41, 5.74) is 1.10. The van der Waals surface area contributed by atoms with Crippen LogP contribution in [0.2, 0.25) is 0 Å². The lowest BCUT2D eigenvalue weighted by molar-refractivity contribution is -0.147. The molecule has 1 saturated carbocycles. The lowest BCUT2D eigenvalue weighted by Crippen LogP contribution is -2.50. The number of anilines is 1. The second-order valence-electron chi connectivity index (χ2n) is 8.37. The first-order valence-electron chi connectivity index (χ1n) is 10.6. The van der Waals surface area contributed by atoms with E-state index in [1.54, 1.807) is 17.3 Å². The Labute approximate surface area is 171 Å². The third kappa shape index (κ3) is 4.52. The van der Waals surface area contributed by atoms with Crippen LogP contribution < -0.4 is 10.2 Å². The van der Waals surface area contributed by atoms with Crippen molar-refractivity contribution < 1.29 is 14.4 Å². The fourth-order valence-corrected chi connectivity index (χ4v) is 4.28. The average molecular weight is 399 g/mol. The Morgan fingerprint density at radius 1 is 1.03 bits per heavy atom. The van der Waals surface area contributed by atoms with Gasteiger partial charge in [0, 0.05) is 62.9 Å². The minimum atomic E-state index is -0.511. The molecule has 3 aliphatic rings. The molecule has 2 aliphatic heterocycles. The predicted molar refractivity (Wildman–Crippen MR) is 108 cm³/mol. The van der Waals surface area contributed by atoms with Crippen LogP contribution in [0.4, 0.5) is 5.69 Å². The average Bonchev–Trinajstić information content (AvgIpc) is 3.45. The van der Waals surface area contributed by atoms with Crippen LogP contribution in [0, 0.1) is 5.92 Å².